The standard InChI is InChI=1S/C14H13FN2O.C13H22O3/c15-13-9-17-6-5-12(13)7-14(18)11-3-1-10(8-16)2-4-11;1-4-6-7-8-10-13(14)16-11-12(15-3)9-5-2/h1-6,9H,7-8,16H2;4,6-8,10,12-14H,1,5,9,11H2,2-3H3/b;7-6-,10-8+. The van der Waals surface area contributed by atoms with Crippen molar-refractivity contribution in [1.29, 1.82) is 0 Å². The maximum atomic E-state index is 13.4. The minimum Gasteiger partial charge on any atom is -0.379 e. The molecule has 0 aliphatic carbocycles. The van der Waals surface area contributed by atoms with E-state index in [1.807, 2.05) is 0 Å². The van der Waals surface area contributed by atoms with Crippen molar-refractivity contribution in [3.63, 3.8) is 0 Å². The van der Waals surface area contributed by atoms with Crippen molar-refractivity contribution >= 4 is 5.78 Å². The van der Waals surface area contributed by atoms with Crippen molar-refractivity contribution in [2.24, 2.45) is 5.73 Å². The second-order valence-corrected chi connectivity index (χ2v) is 7.34. The van der Waals surface area contributed by atoms with Crippen LogP contribution in [-0.2, 0) is 22.4 Å². The number of ether oxygens (including phenoxy) is 2. The number of aromatic nitrogens is 1. The molecule has 184 valence electrons. The lowest BCUT2D eigenvalue weighted by molar-refractivity contribution is -0.0994. The lowest BCUT2D eigenvalue weighted by Crippen LogP contribution is -2.22. The molecule has 34 heavy (non-hydrogen) atoms. The molecule has 0 radical (unpaired) electrons. The molecule has 0 aliphatic rings. The number of Topliss-reactive ketones (excluding diaryl/α,β-unsaturated/α-hetero) is 1. The first kappa shape index (κ1) is 29.1. The molecule has 2 atom stereocenters. The molecule has 1 aromatic carbocycles. The minimum absolute atomic E-state index is 0.0380. The van der Waals surface area contributed by atoms with Gasteiger partial charge < -0.3 is 20.3 Å². The van der Waals surface area contributed by atoms with Gasteiger partial charge in [0, 0.05) is 31.8 Å². The summed E-state index contributed by atoms with van der Waals surface area (Å²) in [6.07, 6.45) is 12.3. The maximum Gasteiger partial charge on any atom is 0.174 e. The number of carbonyl (C=O) groups excluding carboxylic acids is 1. The lowest BCUT2D eigenvalue weighted by atomic mass is 10.0. The zero-order valence-electron chi connectivity index (χ0n) is 19.9. The van der Waals surface area contributed by atoms with Gasteiger partial charge in [-0.1, -0.05) is 68.5 Å². The monoisotopic (exact) mass is 470 g/mol. The Labute approximate surface area is 201 Å². The Morgan fingerprint density at radius 3 is 2.56 bits per heavy atom. The van der Waals surface area contributed by atoms with Crippen molar-refractivity contribution in [2.45, 2.75) is 45.1 Å². The number of hydrogen-bond acceptors (Lipinski definition) is 6. The first-order chi connectivity index (χ1) is 16.4. The summed E-state index contributed by atoms with van der Waals surface area (Å²) in [5.41, 5.74) is 7.36. The van der Waals surface area contributed by atoms with Gasteiger partial charge in [0.15, 0.2) is 12.1 Å². The van der Waals surface area contributed by atoms with Crippen LogP contribution in [0.25, 0.3) is 0 Å². The van der Waals surface area contributed by atoms with E-state index in [0.29, 0.717) is 24.3 Å². The number of allylic oxidation sites excluding steroid dienone is 4. The van der Waals surface area contributed by atoms with Gasteiger partial charge in [-0.05, 0) is 29.7 Å². The predicted molar refractivity (Wildman–Crippen MR) is 133 cm³/mol. The molecule has 1 heterocycles. The molecule has 2 rings (SSSR count). The minimum atomic E-state index is -0.885. The highest BCUT2D eigenvalue weighted by Gasteiger charge is 2.10. The summed E-state index contributed by atoms with van der Waals surface area (Å²) in [5, 5.41) is 9.44. The largest absolute Gasteiger partial charge is 0.379 e. The highest BCUT2D eigenvalue weighted by atomic mass is 19.1. The van der Waals surface area contributed by atoms with Gasteiger partial charge in [0.25, 0.3) is 0 Å². The van der Waals surface area contributed by atoms with Crippen LogP contribution in [0.1, 0.15) is 41.3 Å². The molecule has 7 heteroatoms. The van der Waals surface area contributed by atoms with Crippen LogP contribution in [0.4, 0.5) is 4.39 Å². The number of nitrogens with zero attached hydrogens (tertiary/aromatic N) is 1. The highest BCUT2D eigenvalue weighted by molar-refractivity contribution is 5.97. The first-order valence-corrected chi connectivity index (χ1v) is 11.1. The molecule has 0 aliphatic heterocycles. The molecular weight excluding hydrogens is 435 g/mol. The van der Waals surface area contributed by atoms with Gasteiger partial charge >= 0.3 is 0 Å². The van der Waals surface area contributed by atoms with Crippen molar-refractivity contribution in [2.75, 3.05) is 13.7 Å². The van der Waals surface area contributed by atoms with Crippen LogP contribution in [0.2, 0.25) is 0 Å². The maximum absolute atomic E-state index is 13.4. The van der Waals surface area contributed by atoms with Crippen molar-refractivity contribution in [3.05, 3.63) is 102 Å². The van der Waals surface area contributed by atoms with E-state index < -0.39 is 12.1 Å². The number of nitrogens with two attached hydrogens (primary N) is 1. The second kappa shape index (κ2) is 17.5. The number of pyridine rings is 1. The Balaban J connectivity index is 0.000000344. The number of benzene rings is 1. The molecule has 2 unspecified atom stereocenters. The fourth-order valence-corrected chi connectivity index (χ4v) is 2.80. The Bertz CT molecular complexity index is 913. The predicted octanol–water partition coefficient (Wildman–Crippen LogP) is 4.54. The summed E-state index contributed by atoms with van der Waals surface area (Å²) in [7, 11) is 1.65. The van der Waals surface area contributed by atoms with Gasteiger partial charge in [-0.15, -0.1) is 0 Å². The fraction of sp³-hybridized carbons (Fsp3) is 0.333. The number of ketones is 1. The van der Waals surface area contributed by atoms with E-state index >= 15 is 0 Å². The van der Waals surface area contributed by atoms with Crippen LogP contribution in [0, 0.1) is 5.82 Å². The number of aliphatic hydroxyl groups is 1. The molecule has 2 aromatic rings. The third-order valence-electron chi connectivity index (χ3n) is 4.75. The number of rotatable bonds is 13. The Hall–Kier alpha value is -2.97. The molecule has 0 saturated heterocycles. The molecule has 3 N–H and O–H groups in total. The fourth-order valence-electron chi connectivity index (χ4n) is 2.80. The molecule has 0 bridgehead atoms. The second-order valence-electron chi connectivity index (χ2n) is 7.34. The lowest BCUT2D eigenvalue weighted by Gasteiger charge is -2.16. The molecule has 0 fully saturated rings. The van der Waals surface area contributed by atoms with Crippen molar-refractivity contribution in [1.82, 2.24) is 4.98 Å². The third kappa shape index (κ3) is 11.8. The first-order valence-electron chi connectivity index (χ1n) is 11.1. The molecule has 6 nitrogen and oxygen atoms in total. The van der Waals surface area contributed by atoms with Gasteiger partial charge in [0.05, 0.1) is 18.9 Å². The number of hydrogen-bond donors (Lipinski definition) is 2. The number of halogens is 1. The van der Waals surface area contributed by atoms with E-state index in [-0.39, 0.29) is 18.3 Å². The zero-order chi connectivity index (χ0) is 25.2. The summed E-state index contributed by atoms with van der Waals surface area (Å²) >= 11 is 0. The average molecular weight is 471 g/mol. The van der Waals surface area contributed by atoms with E-state index in [0.717, 1.165) is 24.6 Å². The van der Waals surface area contributed by atoms with E-state index in [1.54, 1.807) is 61.8 Å². The number of carbonyl (C=O) groups is 1. The third-order valence-corrected chi connectivity index (χ3v) is 4.75. The van der Waals surface area contributed by atoms with E-state index in [4.69, 9.17) is 15.2 Å². The molecule has 0 spiro atoms. The van der Waals surface area contributed by atoms with E-state index in [9.17, 15) is 14.3 Å². The number of methoxy groups -OCH3 is 1. The van der Waals surface area contributed by atoms with Crippen molar-refractivity contribution < 1.29 is 23.8 Å². The summed E-state index contributed by atoms with van der Waals surface area (Å²) in [6.45, 7) is 6.46. The topological polar surface area (TPSA) is 94.7 Å². The van der Waals surface area contributed by atoms with Gasteiger partial charge in [0.2, 0.25) is 0 Å². The highest BCUT2D eigenvalue weighted by Crippen LogP contribution is 2.11. The van der Waals surface area contributed by atoms with Crippen LogP contribution in [-0.4, -0.2) is 42.0 Å². The van der Waals surface area contributed by atoms with E-state index in [1.165, 1.54) is 12.3 Å². The SMILES string of the molecule is C=C/C=C\C=C\C(O)OCC(CCC)OC.NCc1ccc(C(=O)Cc2ccncc2F)cc1. The molecule has 1 aromatic heterocycles. The Kier molecular flexibility index (Phi) is 15.0. The number of aliphatic hydroxyl groups excluding tert-OH is 1. The normalized spacial score (nSPS) is 12.9. The van der Waals surface area contributed by atoms with Crippen LogP contribution in [0.3, 0.4) is 0 Å². The molecular formula is C27H35FN2O4. The average Bonchev–Trinajstić information content (AvgIpc) is 2.86. The summed E-state index contributed by atoms with van der Waals surface area (Å²) in [5.74, 6) is -0.576. The zero-order valence-corrected chi connectivity index (χ0v) is 19.9. The Morgan fingerprint density at radius 1 is 1.24 bits per heavy atom. The van der Waals surface area contributed by atoms with Crippen molar-refractivity contribution in [3.8, 4) is 0 Å². The van der Waals surface area contributed by atoms with Gasteiger partial charge in [0.1, 0.15) is 5.82 Å². The van der Waals surface area contributed by atoms with Crippen LogP contribution >= 0.6 is 0 Å². The molecule has 0 amide bonds. The smallest absolute Gasteiger partial charge is 0.174 e. The van der Waals surface area contributed by atoms with Crippen LogP contribution in [0.5, 0.6) is 0 Å². The van der Waals surface area contributed by atoms with Gasteiger partial charge in [-0.3, -0.25) is 9.78 Å². The van der Waals surface area contributed by atoms with Crippen LogP contribution in [0.15, 0.2) is 79.7 Å². The quantitative estimate of drug-likeness (QED) is 0.254. The molecule has 0 saturated carbocycles. The van der Waals surface area contributed by atoms with Gasteiger partial charge in [-0.25, -0.2) is 4.39 Å². The summed E-state index contributed by atoms with van der Waals surface area (Å²) in [6, 6.07) is 8.54. The van der Waals surface area contributed by atoms with Gasteiger partial charge in [-0.2, -0.15) is 0 Å². The summed E-state index contributed by atoms with van der Waals surface area (Å²) in [4.78, 5) is 15.6. The summed E-state index contributed by atoms with van der Waals surface area (Å²) < 4.78 is 23.8. The van der Waals surface area contributed by atoms with E-state index in [2.05, 4.69) is 18.5 Å². The Morgan fingerprint density at radius 2 is 1.97 bits per heavy atom. The van der Waals surface area contributed by atoms with Crippen LogP contribution < -0.4 is 5.73 Å².